The molecule has 0 radical (unpaired) electrons. The highest BCUT2D eigenvalue weighted by molar-refractivity contribution is 5.81. The molecule has 0 aromatic heterocycles. The number of hydrogen-bond donors (Lipinski definition) is 1. The Balaban J connectivity index is 2.50. The summed E-state index contributed by atoms with van der Waals surface area (Å²) in [5, 5.41) is 0. The molecule has 0 bridgehead atoms. The molecule has 1 atom stereocenters. The standard InChI is InChI=1S/C14H21N3O3/c1-5-17-10(8-16-14(17)15)13-11(19-3)6-9(18-2)7-12(13)20-4/h6-7,10H,5,8H2,1-4H3,(H2,15,16). The summed E-state index contributed by atoms with van der Waals surface area (Å²) in [6, 6.07) is 3.72. The zero-order valence-corrected chi connectivity index (χ0v) is 12.3. The highest BCUT2D eigenvalue weighted by Crippen LogP contribution is 2.41. The van der Waals surface area contributed by atoms with Crippen molar-refractivity contribution >= 4 is 5.96 Å². The van der Waals surface area contributed by atoms with Crippen molar-refractivity contribution < 1.29 is 14.2 Å². The van der Waals surface area contributed by atoms with Gasteiger partial charge in [0, 0.05) is 18.7 Å². The molecule has 0 spiro atoms. The van der Waals surface area contributed by atoms with Crippen molar-refractivity contribution in [2.45, 2.75) is 13.0 Å². The Labute approximate surface area is 119 Å². The van der Waals surface area contributed by atoms with E-state index in [2.05, 4.69) is 4.99 Å². The van der Waals surface area contributed by atoms with E-state index in [1.807, 2.05) is 24.0 Å². The van der Waals surface area contributed by atoms with E-state index in [1.165, 1.54) is 0 Å². The van der Waals surface area contributed by atoms with Gasteiger partial charge in [-0.1, -0.05) is 0 Å². The predicted molar refractivity (Wildman–Crippen MR) is 77.7 cm³/mol. The molecule has 0 fully saturated rings. The van der Waals surface area contributed by atoms with Crippen LogP contribution in [0.1, 0.15) is 18.5 Å². The van der Waals surface area contributed by atoms with Crippen LogP contribution in [0.15, 0.2) is 17.1 Å². The first-order valence-electron chi connectivity index (χ1n) is 6.52. The number of aliphatic imine (C=N–C) groups is 1. The van der Waals surface area contributed by atoms with Crippen molar-refractivity contribution in [1.82, 2.24) is 4.90 Å². The van der Waals surface area contributed by atoms with Gasteiger partial charge < -0.3 is 24.8 Å². The molecule has 20 heavy (non-hydrogen) atoms. The number of benzene rings is 1. The molecule has 0 amide bonds. The Morgan fingerprint density at radius 1 is 1.20 bits per heavy atom. The van der Waals surface area contributed by atoms with Crippen molar-refractivity contribution in [2.75, 3.05) is 34.4 Å². The van der Waals surface area contributed by atoms with Gasteiger partial charge in [0.15, 0.2) is 5.96 Å². The van der Waals surface area contributed by atoms with Gasteiger partial charge in [0.05, 0.1) is 39.5 Å². The highest BCUT2D eigenvalue weighted by Gasteiger charge is 2.31. The number of likely N-dealkylation sites (N-methyl/N-ethyl adjacent to an activating group) is 1. The van der Waals surface area contributed by atoms with Crippen LogP contribution in [0.2, 0.25) is 0 Å². The number of ether oxygens (including phenoxy) is 3. The Hall–Kier alpha value is -2.11. The largest absolute Gasteiger partial charge is 0.496 e. The average Bonchev–Trinajstić information content (AvgIpc) is 2.85. The average molecular weight is 279 g/mol. The van der Waals surface area contributed by atoms with Crippen LogP contribution in [-0.2, 0) is 0 Å². The van der Waals surface area contributed by atoms with Gasteiger partial charge in [-0.2, -0.15) is 0 Å². The lowest BCUT2D eigenvalue weighted by Gasteiger charge is -2.27. The third kappa shape index (κ3) is 2.33. The summed E-state index contributed by atoms with van der Waals surface area (Å²) in [5.74, 6) is 2.68. The topological polar surface area (TPSA) is 69.3 Å². The number of methoxy groups -OCH3 is 3. The maximum atomic E-state index is 5.93. The third-order valence-electron chi connectivity index (χ3n) is 3.52. The first-order valence-corrected chi connectivity index (χ1v) is 6.52. The van der Waals surface area contributed by atoms with Gasteiger partial charge in [-0.05, 0) is 6.92 Å². The smallest absolute Gasteiger partial charge is 0.191 e. The molecule has 0 saturated heterocycles. The Bertz CT molecular complexity index is 491. The van der Waals surface area contributed by atoms with Gasteiger partial charge in [-0.15, -0.1) is 0 Å². The first kappa shape index (κ1) is 14.3. The van der Waals surface area contributed by atoms with Crippen LogP contribution in [-0.4, -0.2) is 45.3 Å². The lowest BCUT2D eigenvalue weighted by molar-refractivity contribution is 0.319. The molecule has 1 unspecified atom stereocenters. The zero-order valence-electron chi connectivity index (χ0n) is 12.3. The molecule has 1 heterocycles. The molecule has 1 aliphatic rings. The van der Waals surface area contributed by atoms with Crippen LogP contribution in [0.3, 0.4) is 0 Å². The van der Waals surface area contributed by atoms with E-state index >= 15 is 0 Å². The Kier molecular flexibility index (Phi) is 4.22. The fraction of sp³-hybridized carbons (Fsp3) is 0.500. The van der Waals surface area contributed by atoms with Gasteiger partial charge in [-0.3, -0.25) is 4.99 Å². The van der Waals surface area contributed by atoms with E-state index in [0.717, 1.165) is 23.6 Å². The summed E-state index contributed by atoms with van der Waals surface area (Å²) in [7, 11) is 4.88. The van der Waals surface area contributed by atoms with Crippen molar-refractivity contribution in [1.29, 1.82) is 0 Å². The minimum atomic E-state index is 0.0239. The molecule has 0 saturated carbocycles. The van der Waals surface area contributed by atoms with E-state index < -0.39 is 0 Å². The number of hydrogen-bond acceptors (Lipinski definition) is 6. The molecule has 1 aromatic carbocycles. The van der Waals surface area contributed by atoms with Crippen LogP contribution in [0, 0.1) is 0 Å². The van der Waals surface area contributed by atoms with Gasteiger partial charge in [0.1, 0.15) is 17.2 Å². The molecular formula is C14H21N3O3. The molecule has 110 valence electrons. The monoisotopic (exact) mass is 279 g/mol. The van der Waals surface area contributed by atoms with E-state index in [1.54, 1.807) is 21.3 Å². The second-order valence-corrected chi connectivity index (χ2v) is 4.45. The number of rotatable bonds is 5. The van der Waals surface area contributed by atoms with Crippen molar-refractivity contribution in [3.05, 3.63) is 17.7 Å². The molecule has 2 N–H and O–H groups in total. The zero-order chi connectivity index (χ0) is 14.7. The van der Waals surface area contributed by atoms with Crippen LogP contribution in [0.25, 0.3) is 0 Å². The summed E-state index contributed by atoms with van der Waals surface area (Å²) in [6.07, 6.45) is 0. The maximum absolute atomic E-state index is 5.93. The number of guanidine groups is 1. The summed E-state index contributed by atoms with van der Waals surface area (Å²) in [4.78, 5) is 6.35. The predicted octanol–water partition coefficient (Wildman–Crippen LogP) is 1.40. The van der Waals surface area contributed by atoms with Gasteiger partial charge in [0.2, 0.25) is 0 Å². The fourth-order valence-corrected chi connectivity index (χ4v) is 2.52. The summed E-state index contributed by atoms with van der Waals surface area (Å²) in [5.41, 5.74) is 6.87. The minimum Gasteiger partial charge on any atom is -0.496 e. The summed E-state index contributed by atoms with van der Waals surface area (Å²) < 4.78 is 16.2. The van der Waals surface area contributed by atoms with Crippen molar-refractivity contribution in [2.24, 2.45) is 10.7 Å². The lowest BCUT2D eigenvalue weighted by Crippen LogP contribution is -2.36. The SMILES string of the molecule is CCN1C(N)=NCC1c1c(OC)cc(OC)cc1OC. The van der Waals surface area contributed by atoms with E-state index in [-0.39, 0.29) is 6.04 Å². The highest BCUT2D eigenvalue weighted by atomic mass is 16.5. The van der Waals surface area contributed by atoms with Crippen LogP contribution in [0.5, 0.6) is 17.2 Å². The van der Waals surface area contributed by atoms with Crippen LogP contribution < -0.4 is 19.9 Å². The Morgan fingerprint density at radius 3 is 2.25 bits per heavy atom. The quantitative estimate of drug-likeness (QED) is 0.882. The lowest BCUT2D eigenvalue weighted by atomic mass is 10.0. The molecule has 0 aliphatic carbocycles. The van der Waals surface area contributed by atoms with E-state index in [9.17, 15) is 0 Å². The van der Waals surface area contributed by atoms with Gasteiger partial charge in [-0.25, -0.2) is 0 Å². The maximum Gasteiger partial charge on any atom is 0.191 e. The van der Waals surface area contributed by atoms with E-state index in [0.29, 0.717) is 18.3 Å². The molecule has 2 rings (SSSR count). The van der Waals surface area contributed by atoms with E-state index in [4.69, 9.17) is 19.9 Å². The summed E-state index contributed by atoms with van der Waals surface area (Å²) in [6.45, 7) is 3.42. The number of nitrogens with two attached hydrogens (primary N) is 1. The third-order valence-corrected chi connectivity index (χ3v) is 3.52. The van der Waals surface area contributed by atoms with Gasteiger partial charge in [0.25, 0.3) is 0 Å². The normalized spacial score (nSPS) is 17.9. The minimum absolute atomic E-state index is 0.0239. The van der Waals surface area contributed by atoms with Crippen molar-refractivity contribution in [3.8, 4) is 17.2 Å². The molecule has 1 aliphatic heterocycles. The molecule has 1 aromatic rings. The number of nitrogens with zero attached hydrogens (tertiary/aromatic N) is 2. The van der Waals surface area contributed by atoms with Gasteiger partial charge >= 0.3 is 0 Å². The molecular weight excluding hydrogens is 258 g/mol. The second-order valence-electron chi connectivity index (χ2n) is 4.45. The Morgan fingerprint density at radius 2 is 1.80 bits per heavy atom. The fourth-order valence-electron chi connectivity index (χ4n) is 2.52. The summed E-state index contributed by atoms with van der Waals surface area (Å²) >= 11 is 0. The van der Waals surface area contributed by atoms with Crippen molar-refractivity contribution in [3.63, 3.8) is 0 Å². The second kappa shape index (κ2) is 5.90. The molecule has 6 nitrogen and oxygen atoms in total. The molecule has 6 heteroatoms. The van der Waals surface area contributed by atoms with Crippen LogP contribution >= 0.6 is 0 Å². The first-order chi connectivity index (χ1) is 9.65. The van der Waals surface area contributed by atoms with Crippen LogP contribution in [0.4, 0.5) is 0 Å².